The van der Waals surface area contributed by atoms with Crippen molar-refractivity contribution in [2.75, 3.05) is 6.61 Å². The minimum Gasteiger partial charge on any atom is -0.458 e. The van der Waals surface area contributed by atoms with E-state index in [1.165, 1.54) is 135 Å². The van der Waals surface area contributed by atoms with Crippen LogP contribution in [0.5, 0.6) is 0 Å². The number of aliphatic hydroxyl groups excluding tert-OH is 2. The van der Waals surface area contributed by atoms with Crippen LogP contribution in [-0.4, -0.2) is 46.9 Å². The molecule has 0 aliphatic heterocycles. The lowest BCUT2D eigenvalue weighted by Crippen LogP contribution is -2.46. The van der Waals surface area contributed by atoms with Crippen molar-refractivity contribution < 1.29 is 24.5 Å². The molecule has 0 rings (SSSR count). The number of allylic oxidation sites excluding steroid dienone is 9. The van der Waals surface area contributed by atoms with Crippen LogP contribution in [-0.2, 0) is 14.3 Å². The Morgan fingerprint density at radius 1 is 0.500 bits per heavy atom. The number of nitrogens with one attached hydrogen (secondary N) is 1. The summed E-state index contributed by atoms with van der Waals surface area (Å²) < 4.78 is 5.82. The predicted molar refractivity (Wildman–Crippen MR) is 259 cm³/mol. The zero-order chi connectivity index (χ0) is 43.8. The van der Waals surface area contributed by atoms with Crippen LogP contribution in [0.2, 0.25) is 0 Å². The highest BCUT2D eigenvalue weighted by Crippen LogP contribution is 2.16. The van der Waals surface area contributed by atoms with Gasteiger partial charge in [0.05, 0.1) is 25.2 Å². The molecule has 0 radical (unpaired) electrons. The molecule has 3 unspecified atom stereocenters. The Kier molecular flexibility index (Phi) is 45.7. The molecule has 0 aliphatic carbocycles. The highest BCUT2D eigenvalue weighted by atomic mass is 16.5. The fourth-order valence-corrected chi connectivity index (χ4v) is 7.51. The van der Waals surface area contributed by atoms with Gasteiger partial charge in [0, 0.05) is 6.42 Å². The minimum atomic E-state index is -0.817. The summed E-state index contributed by atoms with van der Waals surface area (Å²) in [5.74, 6) is -0.623. The number of hydrogen-bond acceptors (Lipinski definition) is 5. The number of rotatable bonds is 45. The molecule has 0 saturated heterocycles. The summed E-state index contributed by atoms with van der Waals surface area (Å²) in [6, 6.07) is -0.740. The standard InChI is InChI=1S/C54H97NO5/c1-4-7-10-13-16-19-22-24-26-27-29-32-35-38-41-44-47-54(59)60-50(45-42-39-36-33-31-28-25-23-20-17-14-11-8-5-2)48-53(58)55-51(49-56)52(57)46-43-40-37-34-30-21-18-15-12-9-6-3/h8,11,17,20,25,28,33,36,42,45,50-52,56-57H,4-7,9-10,12-16,18-19,21-24,26-27,29-32,34-35,37-41,43-44,46-49H2,1-3H3,(H,55,58)/b11-8+,20-17+,28-25+,36-33+,45-42+. The molecule has 3 atom stereocenters. The lowest BCUT2D eigenvalue weighted by Gasteiger charge is -2.23. The molecule has 348 valence electrons. The third kappa shape index (κ3) is 42.3. The molecule has 3 N–H and O–H groups in total. The third-order valence-electron chi connectivity index (χ3n) is 11.4. The molecule has 6 nitrogen and oxygen atoms in total. The first-order valence-electron chi connectivity index (χ1n) is 25.5. The number of carbonyl (C=O) groups excluding carboxylic acids is 2. The predicted octanol–water partition coefficient (Wildman–Crippen LogP) is 15.2. The summed E-state index contributed by atoms with van der Waals surface area (Å²) in [4.78, 5) is 26.0. The molecular formula is C54H97NO5. The van der Waals surface area contributed by atoms with Gasteiger partial charge in [0.25, 0.3) is 0 Å². The Bertz CT molecular complexity index is 1080. The number of carbonyl (C=O) groups is 2. The smallest absolute Gasteiger partial charge is 0.306 e. The van der Waals surface area contributed by atoms with Crippen molar-refractivity contribution in [1.29, 1.82) is 0 Å². The fraction of sp³-hybridized carbons (Fsp3) is 0.778. The van der Waals surface area contributed by atoms with E-state index in [9.17, 15) is 19.8 Å². The highest BCUT2D eigenvalue weighted by Gasteiger charge is 2.23. The first-order chi connectivity index (χ1) is 29.5. The monoisotopic (exact) mass is 840 g/mol. The van der Waals surface area contributed by atoms with Crippen molar-refractivity contribution in [3.8, 4) is 0 Å². The molecule has 6 heteroatoms. The van der Waals surface area contributed by atoms with Crippen LogP contribution in [0.1, 0.15) is 245 Å². The summed E-state index contributed by atoms with van der Waals surface area (Å²) in [6.07, 6.45) is 58.9. The number of ether oxygens (including phenoxy) is 1. The van der Waals surface area contributed by atoms with E-state index >= 15 is 0 Å². The second kappa shape index (κ2) is 47.6. The van der Waals surface area contributed by atoms with Crippen LogP contribution in [0.15, 0.2) is 60.8 Å². The Balaban J connectivity index is 4.70. The van der Waals surface area contributed by atoms with Crippen LogP contribution in [0.25, 0.3) is 0 Å². The fourth-order valence-electron chi connectivity index (χ4n) is 7.51. The van der Waals surface area contributed by atoms with Gasteiger partial charge in [0.2, 0.25) is 5.91 Å². The van der Waals surface area contributed by atoms with E-state index in [1.807, 2.05) is 6.08 Å². The van der Waals surface area contributed by atoms with E-state index < -0.39 is 18.2 Å². The molecule has 0 aromatic carbocycles. The van der Waals surface area contributed by atoms with Gasteiger partial charge in [-0.25, -0.2) is 0 Å². The van der Waals surface area contributed by atoms with Crippen molar-refractivity contribution in [2.45, 2.75) is 264 Å². The second-order valence-corrected chi connectivity index (χ2v) is 17.2. The van der Waals surface area contributed by atoms with Crippen molar-refractivity contribution >= 4 is 11.9 Å². The largest absolute Gasteiger partial charge is 0.458 e. The maximum absolute atomic E-state index is 13.1. The van der Waals surface area contributed by atoms with E-state index in [-0.39, 0.29) is 24.9 Å². The number of esters is 1. The van der Waals surface area contributed by atoms with Crippen molar-refractivity contribution in [3.63, 3.8) is 0 Å². The molecule has 60 heavy (non-hydrogen) atoms. The van der Waals surface area contributed by atoms with Gasteiger partial charge in [-0.2, -0.15) is 0 Å². The summed E-state index contributed by atoms with van der Waals surface area (Å²) in [6.45, 7) is 6.33. The van der Waals surface area contributed by atoms with Gasteiger partial charge in [-0.1, -0.05) is 242 Å². The highest BCUT2D eigenvalue weighted by molar-refractivity contribution is 5.78. The van der Waals surface area contributed by atoms with Crippen LogP contribution in [0, 0.1) is 0 Å². The topological polar surface area (TPSA) is 95.9 Å². The quantitative estimate of drug-likeness (QED) is 0.0322. The Morgan fingerprint density at radius 2 is 0.867 bits per heavy atom. The Labute approximate surface area is 371 Å². The van der Waals surface area contributed by atoms with Crippen molar-refractivity contribution in [1.82, 2.24) is 5.32 Å². The van der Waals surface area contributed by atoms with Gasteiger partial charge < -0.3 is 20.3 Å². The number of unbranched alkanes of at least 4 members (excludes halogenated alkanes) is 25. The molecule has 0 aromatic heterocycles. The van der Waals surface area contributed by atoms with Crippen molar-refractivity contribution in [3.05, 3.63) is 60.8 Å². The van der Waals surface area contributed by atoms with E-state index in [0.29, 0.717) is 19.3 Å². The van der Waals surface area contributed by atoms with Gasteiger partial charge in [0.1, 0.15) is 6.10 Å². The van der Waals surface area contributed by atoms with Gasteiger partial charge in [0.15, 0.2) is 0 Å². The molecule has 0 fully saturated rings. The van der Waals surface area contributed by atoms with Gasteiger partial charge in [-0.3, -0.25) is 9.59 Å². The van der Waals surface area contributed by atoms with Crippen LogP contribution in [0.4, 0.5) is 0 Å². The zero-order valence-electron chi connectivity index (χ0n) is 39.6. The van der Waals surface area contributed by atoms with E-state index in [0.717, 1.165) is 64.2 Å². The van der Waals surface area contributed by atoms with Crippen molar-refractivity contribution in [2.24, 2.45) is 0 Å². The van der Waals surface area contributed by atoms with Crippen LogP contribution < -0.4 is 5.32 Å². The third-order valence-corrected chi connectivity index (χ3v) is 11.4. The first kappa shape index (κ1) is 57.6. The van der Waals surface area contributed by atoms with Gasteiger partial charge in [-0.05, 0) is 51.0 Å². The molecule has 0 heterocycles. The lowest BCUT2D eigenvalue weighted by molar-refractivity contribution is -0.148. The molecule has 0 bridgehead atoms. The average Bonchev–Trinajstić information content (AvgIpc) is 3.24. The van der Waals surface area contributed by atoms with E-state index in [1.54, 1.807) is 6.08 Å². The summed E-state index contributed by atoms with van der Waals surface area (Å²) in [7, 11) is 0. The maximum Gasteiger partial charge on any atom is 0.306 e. The van der Waals surface area contributed by atoms with Crippen LogP contribution in [0.3, 0.4) is 0 Å². The lowest BCUT2D eigenvalue weighted by atomic mass is 10.0. The maximum atomic E-state index is 13.1. The Hall–Kier alpha value is -2.44. The summed E-state index contributed by atoms with van der Waals surface area (Å²) in [5.41, 5.74) is 0. The number of aliphatic hydroxyl groups is 2. The first-order valence-corrected chi connectivity index (χ1v) is 25.5. The molecule has 0 aromatic rings. The van der Waals surface area contributed by atoms with Gasteiger partial charge >= 0.3 is 5.97 Å². The molecule has 1 amide bonds. The molecule has 0 aliphatic rings. The van der Waals surface area contributed by atoms with Crippen LogP contribution >= 0.6 is 0 Å². The summed E-state index contributed by atoms with van der Waals surface area (Å²) >= 11 is 0. The van der Waals surface area contributed by atoms with Gasteiger partial charge in [-0.15, -0.1) is 0 Å². The minimum absolute atomic E-state index is 0.0446. The van der Waals surface area contributed by atoms with E-state index in [4.69, 9.17) is 4.74 Å². The summed E-state index contributed by atoms with van der Waals surface area (Å²) in [5, 5.41) is 23.6. The number of amides is 1. The average molecular weight is 840 g/mol. The normalized spacial score (nSPS) is 13.8. The molecule has 0 saturated carbocycles. The zero-order valence-corrected chi connectivity index (χ0v) is 39.6. The molecular weight excluding hydrogens is 743 g/mol. The Morgan fingerprint density at radius 3 is 1.27 bits per heavy atom. The number of hydrogen-bond donors (Lipinski definition) is 3. The SMILES string of the molecule is CC/C=C/C/C=C/C/C=C/C/C=C/C/C=C/C(CC(=O)NC(CO)C(O)CCCCCCCCCCCCC)OC(=O)CCCCCCCCCCCCCCCCCC. The molecule has 0 spiro atoms. The second-order valence-electron chi connectivity index (χ2n) is 17.2. The van der Waals surface area contributed by atoms with E-state index in [2.05, 4.69) is 74.7 Å².